The fourth-order valence-electron chi connectivity index (χ4n) is 1.55. The van der Waals surface area contributed by atoms with E-state index in [1.165, 1.54) is 0 Å². The molecule has 7 heteroatoms. The highest BCUT2D eigenvalue weighted by molar-refractivity contribution is 9.10. The average Bonchev–Trinajstić information content (AvgIpc) is 2.66. The lowest BCUT2D eigenvalue weighted by Gasteiger charge is -2.20. The second-order valence-corrected chi connectivity index (χ2v) is 6.15. The first-order valence-electron chi connectivity index (χ1n) is 5.90. The maximum Gasteiger partial charge on any atom is 0.243 e. The summed E-state index contributed by atoms with van der Waals surface area (Å²) in [6.45, 7) is 5.96. The van der Waals surface area contributed by atoms with Gasteiger partial charge in [-0.1, -0.05) is 0 Å². The molecule has 0 aliphatic rings. The van der Waals surface area contributed by atoms with Gasteiger partial charge in [-0.2, -0.15) is 4.98 Å². The number of pyridine rings is 1. The SMILES string of the molecule is CC(C)(C)NC(=O)CNc1nc2ccc(Br)cn2n1. The third kappa shape index (κ3) is 3.92. The first-order valence-corrected chi connectivity index (χ1v) is 6.70. The van der Waals surface area contributed by atoms with E-state index in [1.54, 1.807) is 4.52 Å². The van der Waals surface area contributed by atoms with Crippen molar-refractivity contribution in [3.63, 3.8) is 0 Å². The van der Waals surface area contributed by atoms with Crippen molar-refractivity contribution in [3.8, 4) is 0 Å². The normalized spacial score (nSPS) is 11.6. The summed E-state index contributed by atoms with van der Waals surface area (Å²) >= 11 is 3.36. The van der Waals surface area contributed by atoms with Gasteiger partial charge >= 0.3 is 0 Å². The zero-order chi connectivity index (χ0) is 14.0. The number of halogens is 1. The second-order valence-electron chi connectivity index (χ2n) is 5.24. The summed E-state index contributed by atoms with van der Waals surface area (Å²) in [7, 11) is 0. The van der Waals surface area contributed by atoms with Crippen molar-refractivity contribution in [2.24, 2.45) is 0 Å². The van der Waals surface area contributed by atoms with Crippen LogP contribution in [0.2, 0.25) is 0 Å². The van der Waals surface area contributed by atoms with E-state index in [4.69, 9.17) is 0 Å². The molecule has 1 amide bonds. The predicted molar refractivity (Wildman–Crippen MR) is 77.1 cm³/mol. The van der Waals surface area contributed by atoms with Crippen LogP contribution in [0.1, 0.15) is 20.8 Å². The van der Waals surface area contributed by atoms with Gasteiger partial charge in [0.05, 0.1) is 6.54 Å². The largest absolute Gasteiger partial charge is 0.350 e. The van der Waals surface area contributed by atoms with E-state index in [0.717, 1.165) is 10.1 Å². The Morgan fingerprint density at radius 1 is 1.42 bits per heavy atom. The summed E-state index contributed by atoms with van der Waals surface area (Å²) in [5.41, 5.74) is 0.484. The third-order valence-electron chi connectivity index (χ3n) is 2.22. The summed E-state index contributed by atoms with van der Waals surface area (Å²) in [6, 6.07) is 3.73. The molecular weight excluding hydrogens is 310 g/mol. The number of fused-ring (bicyclic) bond motifs is 1. The van der Waals surface area contributed by atoms with Crippen molar-refractivity contribution in [2.45, 2.75) is 26.3 Å². The molecule has 102 valence electrons. The highest BCUT2D eigenvalue weighted by Gasteiger charge is 2.13. The standard InChI is InChI=1S/C12H16BrN5O/c1-12(2,3)16-10(19)6-14-11-15-9-5-4-8(13)7-18(9)17-11/h4-5,7H,6H2,1-3H3,(H,14,17)(H,16,19). The van der Waals surface area contributed by atoms with Crippen LogP contribution in [0.4, 0.5) is 5.95 Å². The Bertz CT molecular complexity index is 602. The predicted octanol–water partition coefficient (Wildman–Crippen LogP) is 1.82. The first-order chi connectivity index (χ1) is 8.83. The lowest BCUT2D eigenvalue weighted by molar-refractivity contribution is -0.120. The van der Waals surface area contributed by atoms with Crippen LogP contribution in [0.15, 0.2) is 22.8 Å². The number of nitrogens with zero attached hydrogens (tertiary/aromatic N) is 3. The van der Waals surface area contributed by atoms with Crippen molar-refractivity contribution >= 4 is 33.4 Å². The summed E-state index contributed by atoms with van der Waals surface area (Å²) in [5, 5.41) is 9.99. The maximum absolute atomic E-state index is 11.7. The average molecular weight is 326 g/mol. The molecule has 0 spiro atoms. The molecule has 2 N–H and O–H groups in total. The molecule has 2 aromatic rings. The molecule has 0 bridgehead atoms. The minimum Gasteiger partial charge on any atom is -0.350 e. The smallest absolute Gasteiger partial charge is 0.243 e. The Balaban J connectivity index is 2.00. The molecule has 0 fully saturated rings. The minimum atomic E-state index is -0.240. The molecule has 0 saturated carbocycles. The molecule has 19 heavy (non-hydrogen) atoms. The molecule has 0 radical (unpaired) electrons. The van der Waals surface area contributed by atoms with Crippen LogP contribution in [0, 0.1) is 0 Å². The topological polar surface area (TPSA) is 71.3 Å². The summed E-state index contributed by atoms with van der Waals surface area (Å²) in [5.74, 6) is 0.342. The van der Waals surface area contributed by atoms with E-state index < -0.39 is 0 Å². The molecular formula is C12H16BrN5O. The van der Waals surface area contributed by atoms with Gasteiger partial charge in [0.25, 0.3) is 0 Å². The van der Waals surface area contributed by atoms with Gasteiger partial charge in [0.15, 0.2) is 5.65 Å². The van der Waals surface area contributed by atoms with Gasteiger partial charge < -0.3 is 10.6 Å². The zero-order valence-corrected chi connectivity index (χ0v) is 12.7. The summed E-state index contributed by atoms with van der Waals surface area (Å²) in [6.07, 6.45) is 1.81. The zero-order valence-electron chi connectivity index (χ0n) is 11.1. The number of carbonyl (C=O) groups is 1. The number of hydrogen-bond acceptors (Lipinski definition) is 4. The molecule has 2 heterocycles. The number of nitrogens with one attached hydrogen (secondary N) is 2. The van der Waals surface area contributed by atoms with Gasteiger partial charge in [-0.15, -0.1) is 5.10 Å². The van der Waals surface area contributed by atoms with Crippen LogP contribution in [0.25, 0.3) is 5.65 Å². The van der Waals surface area contributed by atoms with E-state index >= 15 is 0 Å². The number of anilines is 1. The minimum absolute atomic E-state index is 0.0902. The highest BCUT2D eigenvalue weighted by atomic mass is 79.9. The van der Waals surface area contributed by atoms with Gasteiger partial charge in [0.1, 0.15) is 0 Å². The number of hydrogen-bond donors (Lipinski definition) is 2. The van der Waals surface area contributed by atoms with Crippen molar-refractivity contribution < 1.29 is 4.79 Å². The maximum atomic E-state index is 11.7. The monoisotopic (exact) mass is 325 g/mol. The van der Waals surface area contributed by atoms with Crippen LogP contribution < -0.4 is 10.6 Å². The molecule has 0 aliphatic carbocycles. The van der Waals surface area contributed by atoms with Crippen LogP contribution in [0.3, 0.4) is 0 Å². The molecule has 0 atom stereocenters. The van der Waals surface area contributed by atoms with Gasteiger partial charge in [-0.3, -0.25) is 4.79 Å². The van der Waals surface area contributed by atoms with E-state index in [1.807, 2.05) is 39.1 Å². The lowest BCUT2D eigenvalue weighted by Crippen LogP contribution is -2.43. The van der Waals surface area contributed by atoms with Gasteiger partial charge in [0.2, 0.25) is 11.9 Å². The van der Waals surface area contributed by atoms with Crippen molar-refractivity contribution in [1.82, 2.24) is 19.9 Å². The van der Waals surface area contributed by atoms with E-state index in [0.29, 0.717) is 5.95 Å². The summed E-state index contributed by atoms with van der Waals surface area (Å²) in [4.78, 5) is 15.9. The summed E-state index contributed by atoms with van der Waals surface area (Å²) < 4.78 is 2.57. The van der Waals surface area contributed by atoms with Gasteiger partial charge in [-0.05, 0) is 48.8 Å². The molecule has 0 aliphatic heterocycles. The third-order valence-corrected chi connectivity index (χ3v) is 2.69. The Morgan fingerprint density at radius 2 is 2.16 bits per heavy atom. The fourth-order valence-corrected chi connectivity index (χ4v) is 1.88. The molecule has 2 aromatic heterocycles. The van der Waals surface area contributed by atoms with E-state index in [-0.39, 0.29) is 18.0 Å². The molecule has 0 aromatic carbocycles. The van der Waals surface area contributed by atoms with Crippen LogP contribution in [0.5, 0.6) is 0 Å². The Kier molecular flexibility index (Phi) is 3.75. The quantitative estimate of drug-likeness (QED) is 0.903. The Labute approximate surface area is 119 Å². The number of carbonyl (C=O) groups excluding carboxylic acids is 1. The van der Waals surface area contributed by atoms with E-state index in [2.05, 4.69) is 36.6 Å². The number of aromatic nitrogens is 3. The molecule has 0 saturated heterocycles. The van der Waals surface area contributed by atoms with Crippen molar-refractivity contribution in [1.29, 1.82) is 0 Å². The molecule has 6 nitrogen and oxygen atoms in total. The highest BCUT2D eigenvalue weighted by Crippen LogP contribution is 2.11. The molecule has 0 unspecified atom stereocenters. The Hall–Kier alpha value is -1.63. The lowest BCUT2D eigenvalue weighted by atomic mass is 10.1. The van der Waals surface area contributed by atoms with Crippen molar-refractivity contribution in [3.05, 3.63) is 22.8 Å². The molecule has 2 rings (SSSR count). The Morgan fingerprint density at radius 3 is 2.84 bits per heavy atom. The first kappa shape index (κ1) is 13.8. The van der Waals surface area contributed by atoms with Crippen LogP contribution >= 0.6 is 15.9 Å². The van der Waals surface area contributed by atoms with Crippen LogP contribution in [-0.2, 0) is 4.79 Å². The van der Waals surface area contributed by atoms with E-state index in [9.17, 15) is 4.79 Å². The van der Waals surface area contributed by atoms with Crippen molar-refractivity contribution in [2.75, 3.05) is 11.9 Å². The number of rotatable bonds is 3. The van der Waals surface area contributed by atoms with Crippen LogP contribution in [-0.4, -0.2) is 32.6 Å². The fraction of sp³-hybridized carbons (Fsp3) is 0.417. The van der Waals surface area contributed by atoms with Gasteiger partial charge in [-0.25, -0.2) is 4.52 Å². The second kappa shape index (κ2) is 5.16. The number of amides is 1. The van der Waals surface area contributed by atoms with Gasteiger partial charge in [0, 0.05) is 16.2 Å².